The van der Waals surface area contributed by atoms with E-state index in [1.54, 1.807) is 0 Å². The number of aryl methyl sites for hydroxylation is 4. The molecule has 0 spiro atoms. The molecular formula is C34H35NOSi. The summed E-state index contributed by atoms with van der Waals surface area (Å²) in [7, 11) is -2.61. The standard InChI is InChI=1S/C34H35NOSi/c1-24-17-25(2)20-31(19-24)37(5,32-21-26(3)18-27(4)22-32)36-34(29-12-7-6-8-13-29)23-30-16-15-28-11-9-10-14-33(28)35-30/h6-22,34H,23H2,1-5H3/t34-/m0/s1. The Morgan fingerprint density at radius 2 is 1.19 bits per heavy atom. The number of hydrogen-bond donors (Lipinski definition) is 0. The molecule has 5 aromatic rings. The van der Waals surface area contributed by atoms with Crippen LogP contribution in [0.3, 0.4) is 0 Å². The zero-order chi connectivity index (χ0) is 26.0. The quantitative estimate of drug-likeness (QED) is 0.221. The summed E-state index contributed by atoms with van der Waals surface area (Å²) in [6, 6.07) is 37.1. The number of hydrogen-bond acceptors (Lipinski definition) is 2. The van der Waals surface area contributed by atoms with Gasteiger partial charge in [-0.25, -0.2) is 0 Å². The Morgan fingerprint density at radius 3 is 1.78 bits per heavy atom. The van der Waals surface area contributed by atoms with Crippen LogP contribution in [0.5, 0.6) is 0 Å². The fourth-order valence-electron chi connectivity index (χ4n) is 5.39. The number of nitrogens with zero attached hydrogens (tertiary/aromatic N) is 1. The van der Waals surface area contributed by atoms with Crippen LogP contribution < -0.4 is 10.4 Å². The molecule has 0 radical (unpaired) electrons. The van der Waals surface area contributed by atoms with Gasteiger partial charge in [0.15, 0.2) is 0 Å². The fraction of sp³-hybridized carbons (Fsp3) is 0.206. The van der Waals surface area contributed by atoms with Crippen LogP contribution in [0.4, 0.5) is 0 Å². The SMILES string of the molecule is Cc1cc(C)cc([Si](C)(O[C@@H](Cc2ccc3ccccc3n2)c2ccccc2)c2cc(C)cc(C)c2)c1. The summed E-state index contributed by atoms with van der Waals surface area (Å²) in [4.78, 5) is 5.01. The largest absolute Gasteiger partial charge is 0.401 e. The van der Waals surface area contributed by atoms with Gasteiger partial charge in [0, 0.05) is 17.5 Å². The highest BCUT2D eigenvalue weighted by Gasteiger charge is 2.38. The van der Waals surface area contributed by atoms with Gasteiger partial charge in [-0.2, -0.15) is 0 Å². The molecule has 2 nitrogen and oxygen atoms in total. The molecule has 0 bridgehead atoms. The first-order valence-corrected chi connectivity index (χ1v) is 15.5. The molecule has 1 aromatic heterocycles. The lowest BCUT2D eigenvalue weighted by atomic mass is 10.0. The van der Waals surface area contributed by atoms with Crippen molar-refractivity contribution in [2.45, 2.75) is 46.8 Å². The normalized spacial score (nSPS) is 12.6. The van der Waals surface area contributed by atoms with Gasteiger partial charge >= 0.3 is 0 Å². The van der Waals surface area contributed by atoms with E-state index >= 15 is 0 Å². The number of para-hydroxylation sites is 1. The Morgan fingerprint density at radius 1 is 0.649 bits per heavy atom. The molecule has 0 N–H and O–H groups in total. The third kappa shape index (κ3) is 5.58. The summed E-state index contributed by atoms with van der Waals surface area (Å²) < 4.78 is 7.43. The molecule has 5 rings (SSSR count). The third-order valence-electron chi connectivity index (χ3n) is 7.15. The molecule has 0 saturated carbocycles. The molecule has 186 valence electrons. The molecule has 1 heterocycles. The van der Waals surface area contributed by atoms with E-state index in [1.807, 2.05) is 0 Å². The minimum Gasteiger partial charge on any atom is -0.401 e. The molecule has 0 unspecified atom stereocenters. The first kappa shape index (κ1) is 25.1. The molecule has 0 aliphatic rings. The zero-order valence-electron chi connectivity index (χ0n) is 22.5. The van der Waals surface area contributed by atoms with Gasteiger partial charge < -0.3 is 4.43 Å². The molecule has 0 amide bonds. The van der Waals surface area contributed by atoms with Crippen molar-refractivity contribution < 1.29 is 4.43 Å². The average molecular weight is 502 g/mol. The van der Waals surface area contributed by atoms with E-state index in [2.05, 4.69) is 137 Å². The van der Waals surface area contributed by atoms with Crippen LogP contribution in [0.25, 0.3) is 10.9 Å². The van der Waals surface area contributed by atoms with E-state index in [9.17, 15) is 0 Å². The Hall–Kier alpha value is -3.53. The van der Waals surface area contributed by atoms with E-state index in [4.69, 9.17) is 9.41 Å². The molecule has 0 saturated heterocycles. The predicted octanol–water partition coefficient (Wildman–Crippen LogP) is 7.16. The minimum absolute atomic E-state index is 0.117. The summed E-state index contributed by atoms with van der Waals surface area (Å²) in [6.07, 6.45) is 0.598. The number of benzene rings is 4. The Bertz CT molecular complexity index is 1450. The van der Waals surface area contributed by atoms with Crippen LogP contribution in [-0.2, 0) is 10.8 Å². The topological polar surface area (TPSA) is 22.1 Å². The van der Waals surface area contributed by atoms with Gasteiger partial charge in [-0.05, 0) is 62.3 Å². The van der Waals surface area contributed by atoms with Crippen molar-refractivity contribution in [2.75, 3.05) is 0 Å². The van der Waals surface area contributed by atoms with Gasteiger partial charge in [0.2, 0.25) is 0 Å². The summed E-state index contributed by atoms with van der Waals surface area (Å²) in [5.74, 6) is 0. The van der Waals surface area contributed by atoms with Crippen molar-refractivity contribution in [2.24, 2.45) is 0 Å². The molecule has 0 fully saturated rings. The second kappa shape index (κ2) is 10.4. The van der Waals surface area contributed by atoms with Gasteiger partial charge in [-0.1, -0.05) is 113 Å². The van der Waals surface area contributed by atoms with Crippen molar-refractivity contribution in [3.63, 3.8) is 0 Å². The zero-order valence-corrected chi connectivity index (χ0v) is 23.5. The fourth-order valence-corrected chi connectivity index (χ4v) is 8.80. The first-order valence-electron chi connectivity index (χ1n) is 13.1. The summed E-state index contributed by atoms with van der Waals surface area (Å²) in [5, 5.41) is 3.78. The van der Waals surface area contributed by atoms with Gasteiger partial charge in [0.1, 0.15) is 0 Å². The van der Waals surface area contributed by atoms with Crippen LogP contribution >= 0.6 is 0 Å². The van der Waals surface area contributed by atoms with Crippen LogP contribution in [-0.4, -0.2) is 13.3 Å². The molecule has 0 aliphatic carbocycles. The second-order valence-electron chi connectivity index (χ2n) is 10.5. The maximum atomic E-state index is 7.43. The van der Waals surface area contributed by atoms with Crippen molar-refractivity contribution >= 4 is 29.6 Å². The Labute approximate surface area is 222 Å². The highest BCUT2D eigenvalue weighted by atomic mass is 28.4. The van der Waals surface area contributed by atoms with Gasteiger partial charge in [0.25, 0.3) is 8.32 Å². The van der Waals surface area contributed by atoms with Crippen LogP contribution in [0.2, 0.25) is 6.55 Å². The molecule has 37 heavy (non-hydrogen) atoms. The van der Waals surface area contributed by atoms with Gasteiger partial charge in [-0.15, -0.1) is 0 Å². The molecule has 4 aromatic carbocycles. The minimum atomic E-state index is -2.61. The number of rotatable bonds is 7. The molecule has 1 atom stereocenters. The molecule has 3 heteroatoms. The maximum Gasteiger partial charge on any atom is 0.253 e. The number of fused-ring (bicyclic) bond motifs is 1. The molecular weight excluding hydrogens is 466 g/mol. The lowest BCUT2D eigenvalue weighted by Gasteiger charge is -2.34. The number of pyridine rings is 1. The Balaban J connectivity index is 1.63. The van der Waals surface area contributed by atoms with Gasteiger partial charge in [-0.3, -0.25) is 4.98 Å². The monoisotopic (exact) mass is 501 g/mol. The van der Waals surface area contributed by atoms with Crippen LogP contribution in [0.15, 0.2) is 103 Å². The first-order chi connectivity index (χ1) is 17.8. The highest BCUT2D eigenvalue weighted by Crippen LogP contribution is 2.28. The summed E-state index contributed by atoms with van der Waals surface area (Å²) >= 11 is 0. The van der Waals surface area contributed by atoms with E-state index < -0.39 is 8.32 Å². The van der Waals surface area contributed by atoms with Crippen molar-refractivity contribution in [3.8, 4) is 0 Å². The lowest BCUT2D eigenvalue weighted by molar-refractivity contribution is 0.203. The van der Waals surface area contributed by atoms with E-state index in [-0.39, 0.29) is 6.10 Å². The smallest absolute Gasteiger partial charge is 0.253 e. The van der Waals surface area contributed by atoms with Crippen molar-refractivity contribution in [1.82, 2.24) is 4.98 Å². The maximum absolute atomic E-state index is 7.43. The van der Waals surface area contributed by atoms with Crippen LogP contribution in [0, 0.1) is 27.7 Å². The van der Waals surface area contributed by atoms with E-state index in [0.717, 1.165) is 16.6 Å². The summed E-state index contributed by atoms with van der Waals surface area (Å²) in [6.45, 7) is 11.1. The van der Waals surface area contributed by atoms with E-state index in [1.165, 1.54) is 38.2 Å². The predicted molar refractivity (Wildman–Crippen MR) is 158 cm³/mol. The van der Waals surface area contributed by atoms with Crippen molar-refractivity contribution in [3.05, 3.63) is 137 Å². The Kier molecular flexibility index (Phi) is 7.10. The highest BCUT2D eigenvalue weighted by molar-refractivity contribution is 6.96. The average Bonchev–Trinajstić information content (AvgIpc) is 2.87. The summed E-state index contributed by atoms with van der Waals surface area (Å²) in [5.41, 5.74) is 8.34. The van der Waals surface area contributed by atoms with Crippen LogP contribution in [0.1, 0.15) is 39.6 Å². The third-order valence-corrected chi connectivity index (χ3v) is 10.7. The second-order valence-corrected chi connectivity index (χ2v) is 14.0. The number of aromatic nitrogens is 1. The molecule has 0 aliphatic heterocycles. The lowest BCUT2D eigenvalue weighted by Crippen LogP contribution is -2.59. The van der Waals surface area contributed by atoms with E-state index in [0.29, 0.717) is 6.42 Å². The van der Waals surface area contributed by atoms with Gasteiger partial charge in [0.05, 0.1) is 11.6 Å². The van der Waals surface area contributed by atoms with Crippen molar-refractivity contribution in [1.29, 1.82) is 0 Å².